The van der Waals surface area contributed by atoms with Crippen molar-refractivity contribution in [3.05, 3.63) is 53.6 Å². The molecule has 0 atom stereocenters. The Hall–Kier alpha value is -2.82. The fourth-order valence-electron chi connectivity index (χ4n) is 2.75. The Morgan fingerprint density at radius 1 is 0.850 bits per heavy atom. The van der Waals surface area contributed by atoms with E-state index in [9.17, 15) is 9.59 Å². The van der Waals surface area contributed by atoms with Gasteiger partial charge in [-0.1, -0.05) is 40.6 Å². The molecular formula is C15H9N3O2. The lowest BCUT2D eigenvalue weighted by atomic mass is 10.1. The summed E-state index contributed by atoms with van der Waals surface area (Å²) in [4.78, 5) is 24.1. The number of hydrogen-bond donors (Lipinski definition) is 0. The average Bonchev–Trinajstić information content (AvgIpc) is 2.98. The minimum absolute atomic E-state index is 0.525. The Balaban J connectivity index is 1.80. The minimum Gasteiger partial charge on any atom is -0.243 e. The lowest BCUT2D eigenvalue weighted by Gasteiger charge is -2.12. The van der Waals surface area contributed by atoms with E-state index in [2.05, 4.69) is 22.4 Å². The number of benzene rings is 2. The van der Waals surface area contributed by atoms with Gasteiger partial charge in [0.1, 0.15) is 0 Å². The number of urea groups is 2. The summed E-state index contributed by atoms with van der Waals surface area (Å²) in [7, 11) is 0. The van der Waals surface area contributed by atoms with E-state index in [1.807, 2.05) is 24.3 Å². The van der Waals surface area contributed by atoms with Gasteiger partial charge in [0.25, 0.3) is 0 Å². The molecule has 96 valence electrons. The molecule has 0 radical (unpaired) electrons. The molecule has 0 saturated heterocycles. The second-order valence-corrected chi connectivity index (χ2v) is 4.78. The molecular weight excluding hydrogens is 254 g/mol. The zero-order valence-electron chi connectivity index (χ0n) is 10.4. The number of rotatable bonds is 1. The van der Waals surface area contributed by atoms with Gasteiger partial charge >= 0.3 is 12.1 Å². The zero-order valence-corrected chi connectivity index (χ0v) is 10.4. The Morgan fingerprint density at radius 2 is 1.55 bits per heavy atom. The summed E-state index contributed by atoms with van der Waals surface area (Å²) in [6.45, 7) is 0. The highest BCUT2D eigenvalue weighted by molar-refractivity contribution is 6.17. The van der Waals surface area contributed by atoms with Crippen LogP contribution in [0.2, 0.25) is 0 Å². The summed E-state index contributed by atoms with van der Waals surface area (Å²) in [5.41, 5.74) is 5.25. The second kappa shape index (κ2) is 3.84. The Morgan fingerprint density at radius 3 is 2.35 bits per heavy atom. The van der Waals surface area contributed by atoms with Crippen molar-refractivity contribution in [1.82, 2.24) is 0 Å². The van der Waals surface area contributed by atoms with Crippen molar-refractivity contribution < 1.29 is 9.59 Å². The smallest absolute Gasteiger partial charge is 0.243 e. The Kier molecular flexibility index (Phi) is 2.12. The van der Waals surface area contributed by atoms with Crippen LogP contribution in [0.3, 0.4) is 0 Å². The second-order valence-electron chi connectivity index (χ2n) is 4.78. The zero-order chi connectivity index (χ0) is 13.7. The first kappa shape index (κ1) is 11.0. The molecule has 2 aromatic rings. The maximum atomic E-state index is 11.5. The van der Waals surface area contributed by atoms with Gasteiger partial charge in [-0.15, -0.1) is 0 Å². The summed E-state index contributed by atoms with van der Waals surface area (Å²) in [5, 5.41) is 6.54. The molecule has 0 bridgehead atoms. The first-order valence-electron chi connectivity index (χ1n) is 6.25. The summed E-state index contributed by atoms with van der Waals surface area (Å²) in [5.74, 6) is 0. The minimum atomic E-state index is -0.634. The van der Waals surface area contributed by atoms with E-state index in [-0.39, 0.29) is 0 Å². The van der Waals surface area contributed by atoms with Gasteiger partial charge in [0, 0.05) is 0 Å². The van der Waals surface area contributed by atoms with E-state index < -0.39 is 12.1 Å². The van der Waals surface area contributed by atoms with Crippen LogP contribution in [0.1, 0.15) is 11.1 Å². The number of carbonyl (C=O) groups excluding carboxylic acids is 2. The molecule has 2 aromatic carbocycles. The largest absolute Gasteiger partial charge is 0.375 e. The van der Waals surface area contributed by atoms with E-state index in [0.717, 1.165) is 22.4 Å². The highest BCUT2D eigenvalue weighted by Gasteiger charge is 2.30. The fourth-order valence-corrected chi connectivity index (χ4v) is 2.75. The molecule has 2 aliphatic rings. The molecule has 0 fully saturated rings. The van der Waals surface area contributed by atoms with Gasteiger partial charge in [0.15, 0.2) is 0 Å². The predicted octanol–water partition coefficient (Wildman–Crippen LogP) is 3.77. The fraction of sp³-hybridized carbons (Fsp3) is 0.0667. The van der Waals surface area contributed by atoms with Gasteiger partial charge in [-0.2, -0.15) is 0 Å². The highest BCUT2D eigenvalue weighted by Crippen LogP contribution is 2.38. The van der Waals surface area contributed by atoms with Crippen LogP contribution in [-0.4, -0.2) is 12.1 Å². The number of imide groups is 1. The maximum Gasteiger partial charge on any atom is 0.375 e. The Bertz CT molecular complexity index is 777. The lowest BCUT2D eigenvalue weighted by molar-refractivity contribution is 0.249. The van der Waals surface area contributed by atoms with Crippen LogP contribution in [0.15, 0.2) is 52.7 Å². The standard InChI is InChI=1S/C15H9N3O2/c19-14-16-17-15(20)18(14)11-5-6-13-10(8-11)7-9-3-1-2-4-12(9)13/h1-6,8H,7H2. The number of azo groups is 1. The molecule has 0 spiro atoms. The van der Waals surface area contributed by atoms with Crippen molar-refractivity contribution in [2.24, 2.45) is 10.2 Å². The van der Waals surface area contributed by atoms with Crippen LogP contribution in [0, 0.1) is 0 Å². The molecule has 1 heterocycles. The number of carbonyl (C=O) groups is 2. The molecule has 4 amide bonds. The van der Waals surface area contributed by atoms with Crippen LogP contribution in [0.25, 0.3) is 11.1 Å². The van der Waals surface area contributed by atoms with Crippen molar-refractivity contribution >= 4 is 17.7 Å². The molecule has 4 rings (SSSR count). The summed E-state index contributed by atoms with van der Waals surface area (Å²) < 4.78 is 0. The molecule has 0 N–H and O–H groups in total. The monoisotopic (exact) mass is 263 g/mol. The molecule has 5 heteroatoms. The topological polar surface area (TPSA) is 62.1 Å². The van der Waals surface area contributed by atoms with E-state index in [1.54, 1.807) is 6.07 Å². The van der Waals surface area contributed by atoms with Gasteiger partial charge in [-0.3, -0.25) is 0 Å². The molecule has 20 heavy (non-hydrogen) atoms. The lowest BCUT2D eigenvalue weighted by Crippen LogP contribution is -2.27. The van der Waals surface area contributed by atoms with E-state index in [1.165, 1.54) is 11.1 Å². The van der Waals surface area contributed by atoms with Crippen LogP contribution in [0.4, 0.5) is 15.3 Å². The molecule has 1 aliphatic carbocycles. The highest BCUT2D eigenvalue weighted by atomic mass is 16.2. The van der Waals surface area contributed by atoms with Crippen molar-refractivity contribution in [2.75, 3.05) is 4.90 Å². The van der Waals surface area contributed by atoms with Crippen LogP contribution >= 0.6 is 0 Å². The molecule has 1 aliphatic heterocycles. The van der Waals surface area contributed by atoms with Crippen LogP contribution < -0.4 is 4.90 Å². The number of anilines is 1. The van der Waals surface area contributed by atoms with Gasteiger partial charge in [0.05, 0.1) is 5.69 Å². The van der Waals surface area contributed by atoms with Gasteiger partial charge in [-0.05, 0) is 40.8 Å². The van der Waals surface area contributed by atoms with E-state index in [0.29, 0.717) is 5.69 Å². The van der Waals surface area contributed by atoms with Crippen LogP contribution in [-0.2, 0) is 6.42 Å². The summed E-state index contributed by atoms with van der Waals surface area (Å²) in [6, 6.07) is 12.5. The third-order valence-electron chi connectivity index (χ3n) is 3.64. The van der Waals surface area contributed by atoms with Crippen molar-refractivity contribution in [2.45, 2.75) is 6.42 Å². The number of fused-ring (bicyclic) bond motifs is 3. The predicted molar refractivity (Wildman–Crippen MR) is 72.8 cm³/mol. The Labute approximate surface area is 114 Å². The molecule has 5 nitrogen and oxygen atoms in total. The maximum absolute atomic E-state index is 11.5. The van der Waals surface area contributed by atoms with E-state index in [4.69, 9.17) is 0 Å². The third kappa shape index (κ3) is 1.43. The number of nitrogens with zero attached hydrogens (tertiary/aromatic N) is 3. The average molecular weight is 263 g/mol. The normalized spacial score (nSPS) is 15.7. The van der Waals surface area contributed by atoms with Gasteiger partial charge in [-0.25, -0.2) is 14.5 Å². The molecule has 0 aromatic heterocycles. The first-order valence-corrected chi connectivity index (χ1v) is 6.25. The third-order valence-corrected chi connectivity index (χ3v) is 3.64. The summed E-state index contributed by atoms with van der Waals surface area (Å²) >= 11 is 0. The van der Waals surface area contributed by atoms with E-state index >= 15 is 0 Å². The molecule has 0 unspecified atom stereocenters. The van der Waals surface area contributed by atoms with Gasteiger partial charge in [0.2, 0.25) is 0 Å². The number of hydrogen-bond acceptors (Lipinski definition) is 2. The van der Waals surface area contributed by atoms with Crippen LogP contribution in [0.5, 0.6) is 0 Å². The number of amides is 4. The summed E-state index contributed by atoms with van der Waals surface area (Å²) in [6.07, 6.45) is 0.809. The van der Waals surface area contributed by atoms with Crippen molar-refractivity contribution in [1.29, 1.82) is 0 Å². The van der Waals surface area contributed by atoms with Crippen molar-refractivity contribution in [3.63, 3.8) is 0 Å². The SMILES string of the molecule is O=C1N=NC(=O)N1c1ccc2c(c1)Cc1ccccc1-2. The van der Waals surface area contributed by atoms with Gasteiger partial charge < -0.3 is 0 Å². The first-order chi connectivity index (χ1) is 9.74. The quantitative estimate of drug-likeness (QED) is 0.670. The molecule has 0 saturated carbocycles. The van der Waals surface area contributed by atoms with Crippen molar-refractivity contribution in [3.8, 4) is 11.1 Å².